The zero-order chi connectivity index (χ0) is 19.8. The van der Waals surface area contributed by atoms with Gasteiger partial charge in [0.2, 0.25) is 0 Å². The molecule has 1 aliphatic carbocycles. The van der Waals surface area contributed by atoms with E-state index in [0.717, 1.165) is 38.4 Å². The van der Waals surface area contributed by atoms with Gasteiger partial charge in [0.05, 0.1) is 12.5 Å². The number of hydrogen-bond acceptors (Lipinski definition) is 5. The van der Waals surface area contributed by atoms with Crippen LogP contribution in [0.1, 0.15) is 51.9 Å². The van der Waals surface area contributed by atoms with Gasteiger partial charge in [0.25, 0.3) is 0 Å². The molecule has 29 heavy (non-hydrogen) atoms. The Bertz CT molecular complexity index is 529. The average molecular weight is 539 g/mol. The predicted octanol–water partition coefficient (Wildman–Crippen LogP) is 3.21. The number of likely N-dealkylation sites (tertiary alicyclic amines) is 1. The summed E-state index contributed by atoms with van der Waals surface area (Å²) in [5.74, 6) is 3.54. The molecule has 0 bridgehead atoms. The monoisotopic (exact) mass is 538 g/mol. The van der Waals surface area contributed by atoms with Crippen molar-refractivity contribution < 1.29 is 9.53 Å². The van der Waals surface area contributed by atoms with E-state index >= 15 is 0 Å². The number of halogens is 1. The number of thioether (sulfide) groups is 1. The van der Waals surface area contributed by atoms with Crippen LogP contribution in [0, 0.1) is 5.92 Å². The van der Waals surface area contributed by atoms with Crippen molar-refractivity contribution in [2.24, 2.45) is 10.9 Å². The van der Waals surface area contributed by atoms with Gasteiger partial charge in [0.15, 0.2) is 5.96 Å². The molecule has 0 aromatic heterocycles. The Hall–Kier alpha value is -0.220. The normalized spacial score (nSPS) is 23.9. The number of carbonyl (C=O) groups excluding carboxylic acids is 1. The highest BCUT2D eigenvalue weighted by atomic mass is 127. The molecule has 2 saturated heterocycles. The van der Waals surface area contributed by atoms with E-state index in [1.807, 2.05) is 14.0 Å². The van der Waals surface area contributed by atoms with E-state index in [9.17, 15) is 4.79 Å². The van der Waals surface area contributed by atoms with Crippen molar-refractivity contribution in [1.29, 1.82) is 0 Å². The van der Waals surface area contributed by atoms with Crippen LogP contribution in [0.15, 0.2) is 4.99 Å². The fourth-order valence-corrected chi connectivity index (χ4v) is 5.92. The summed E-state index contributed by atoms with van der Waals surface area (Å²) in [4.78, 5) is 21.6. The van der Waals surface area contributed by atoms with E-state index in [1.165, 1.54) is 56.7 Å². The predicted molar refractivity (Wildman–Crippen MR) is 132 cm³/mol. The summed E-state index contributed by atoms with van der Waals surface area (Å²) in [7, 11) is 1.88. The fourth-order valence-electron chi connectivity index (χ4n) is 5.02. The molecular formula is C21H39IN4O2S. The molecular weight excluding hydrogens is 499 g/mol. The van der Waals surface area contributed by atoms with Crippen molar-refractivity contribution >= 4 is 47.7 Å². The van der Waals surface area contributed by atoms with Crippen LogP contribution < -0.4 is 5.32 Å². The second kappa shape index (κ2) is 12.6. The summed E-state index contributed by atoms with van der Waals surface area (Å²) in [6, 6.07) is 0. The lowest BCUT2D eigenvalue weighted by molar-refractivity contribution is -0.149. The average Bonchev–Trinajstić information content (AvgIpc) is 2.76. The maximum absolute atomic E-state index is 12.0. The molecule has 3 aliphatic rings. The van der Waals surface area contributed by atoms with Gasteiger partial charge < -0.3 is 15.0 Å². The van der Waals surface area contributed by atoms with Gasteiger partial charge >= 0.3 is 5.97 Å². The molecule has 0 radical (unpaired) electrons. The summed E-state index contributed by atoms with van der Waals surface area (Å²) in [6.45, 7) is 7.52. The number of nitrogens with one attached hydrogen (secondary N) is 1. The molecule has 0 amide bonds. The molecule has 0 spiro atoms. The lowest BCUT2D eigenvalue weighted by Gasteiger charge is -2.48. The first-order valence-corrected chi connectivity index (χ1v) is 12.3. The SMILES string of the molecule is CCOC(=O)C1CCN(C(=NC)NCC2(N3CCSCC3)CCCCC2)CC1.I. The summed E-state index contributed by atoms with van der Waals surface area (Å²) in [5, 5.41) is 3.73. The number of esters is 1. The second-order valence-corrected chi connectivity index (χ2v) is 9.52. The first kappa shape index (κ1) is 25.0. The van der Waals surface area contributed by atoms with E-state index in [-0.39, 0.29) is 35.9 Å². The first-order valence-electron chi connectivity index (χ1n) is 11.1. The number of piperidine rings is 1. The van der Waals surface area contributed by atoms with E-state index in [0.29, 0.717) is 12.1 Å². The van der Waals surface area contributed by atoms with Gasteiger partial charge in [-0.1, -0.05) is 19.3 Å². The van der Waals surface area contributed by atoms with Crippen LogP contribution in [0.25, 0.3) is 0 Å². The quantitative estimate of drug-likeness (QED) is 0.251. The zero-order valence-corrected chi connectivity index (χ0v) is 21.3. The Labute approximate surface area is 198 Å². The van der Waals surface area contributed by atoms with Crippen LogP contribution in [-0.2, 0) is 9.53 Å². The minimum absolute atomic E-state index is 0. The molecule has 1 saturated carbocycles. The highest BCUT2D eigenvalue weighted by Gasteiger charge is 2.39. The van der Waals surface area contributed by atoms with Gasteiger partial charge in [-0.05, 0) is 32.6 Å². The third-order valence-corrected chi connectivity index (χ3v) is 7.61. The zero-order valence-electron chi connectivity index (χ0n) is 18.2. The maximum atomic E-state index is 12.0. The number of guanidine groups is 1. The maximum Gasteiger partial charge on any atom is 0.309 e. The van der Waals surface area contributed by atoms with Gasteiger partial charge in [-0.15, -0.1) is 24.0 Å². The van der Waals surface area contributed by atoms with Crippen molar-refractivity contribution in [2.75, 3.05) is 57.9 Å². The third kappa shape index (κ3) is 6.63. The van der Waals surface area contributed by atoms with Gasteiger partial charge in [0, 0.05) is 56.8 Å². The Balaban J connectivity index is 0.00000300. The fraction of sp³-hybridized carbons (Fsp3) is 0.905. The second-order valence-electron chi connectivity index (χ2n) is 8.30. The molecule has 0 aromatic rings. The highest BCUT2D eigenvalue weighted by Crippen LogP contribution is 2.35. The van der Waals surface area contributed by atoms with Crippen LogP contribution in [0.3, 0.4) is 0 Å². The molecule has 2 heterocycles. The minimum Gasteiger partial charge on any atom is -0.466 e. The van der Waals surface area contributed by atoms with Gasteiger partial charge in [0.1, 0.15) is 0 Å². The summed E-state index contributed by atoms with van der Waals surface area (Å²) < 4.78 is 5.20. The van der Waals surface area contributed by atoms with Gasteiger partial charge in [-0.25, -0.2) is 0 Å². The van der Waals surface area contributed by atoms with E-state index < -0.39 is 0 Å². The molecule has 6 nitrogen and oxygen atoms in total. The number of aliphatic imine (C=N–C) groups is 1. The summed E-state index contributed by atoms with van der Waals surface area (Å²) in [6.07, 6.45) is 8.37. The van der Waals surface area contributed by atoms with Crippen LogP contribution >= 0.6 is 35.7 Å². The third-order valence-electron chi connectivity index (χ3n) is 6.67. The Morgan fingerprint density at radius 2 is 1.79 bits per heavy atom. The number of carbonyl (C=O) groups is 1. The Morgan fingerprint density at radius 3 is 2.38 bits per heavy atom. The van der Waals surface area contributed by atoms with Crippen molar-refractivity contribution in [2.45, 2.75) is 57.4 Å². The number of ether oxygens (including phenoxy) is 1. The lowest BCUT2D eigenvalue weighted by Crippen LogP contribution is -2.60. The van der Waals surface area contributed by atoms with Crippen molar-refractivity contribution in [1.82, 2.24) is 15.1 Å². The smallest absolute Gasteiger partial charge is 0.309 e. The van der Waals surface area contributed by atoms with Gasteiger partial charge in [-0.2, -0.15) is 11.8 Å². The highest BCUT2D eigenvalue weighted by molar-refractivity contribution is 14.0. The first-order chi connectivity index (χ1) is 13.7. The molecule has 3 rings (SSSR count). The molecule has 0 atom stereocenters. The topological polar surface area (TPSA) is 57.2 Å². The molecule has 8 heteroatoms. The van der Waals surface area contributed by atoms with E-state index in [2.05, 4.69) is 31.9 Å². The van der Waals surface area contributed by atoms with Crippen LogP contribution in [-0.4, -0.2) is 85.2 Å². The molecule has 168 valence electrons. The van der Waals surface area contributed by atoms with Crippen molar-refractivity contribution in [3.63, 3.8) is 0 Å². The van der Waals surface area contributed by atoms with Crippen LogP contribution in [0.2, 0.25) is 0 Å². The standard InChI is InChI=1S/C21H38N4O2S.HI/c1-3-27-19(26)18-7-11-24(12-8-18)20(22-2)23-17-21(9-5-4-6-10-21)25-13-15-28-16-14-25;/h18H,3-17H2,1-2H3,(H,22,23);1H. The van der Waals surface area contributed by atoms with E-state index in [1.54, 1.807) is 0 Å². The van der Waals surface area contributed by atoms with Crippen LogP contribution in [0.5, 0.6) is 0 Å². The molecule has 0 unspecified atom stereocenters. The largest absolute Gasteiger partial charge is 0.466 e. The van der Waals surface area contributed by atoms with Crippen LogP contribution in [0.4, 0.5) is 0 Å². The molecule has 0 aromatic carbocycles. The van der Waals surface area contributed by atoms with Crippen molar-refractivity contribution in [3.8, 4) is 0 Å². The Kier molecular flexibility index (Phi) is 10.9. The Morgan fingerprint density at radius 1 is 1.14 bits per heavy atom. The van der Waals surface area contributed by atoms with Gasteiger partial charge in [-0.3, -0.25) is 14.7 Å². The summed E-state index contributed by atoms with van der Waals surface area (Å²) in [5.41, 5.74) is 0.290. The molecule has 3 fully saturated rings. The van der Waals surface area contributed by atoms with Crippen molar-refractivity contribution in [3.05, 3.63) is 0 Å². The summed E-state index contributed by atoms with van der Waals surface area (Å²) >= 11 is 2.09. The number of nitrogens with zero attached hydrogens (tertiary/aromatic N) is 3. The van der Waals surface area contributed by atoms with E-state index in [4.69, 9.17) is 4.74 Å². The molecule has 2 aliphatic heterocycles. The lowest BCUT2D eigenvalue weighted by atomic mass is 9.80. The number of rotatable bonds is 5. The number of hydrogen-bond donors (Lipinski definition) is 1. The molecule has 1 N–H and O–H groups in total. The minimum atomic E-state index is -0.0331.